The molecule has 0 atom stereocenters. The van der Waals surface area contributed by atoms with Gasteiger partial charge in [-0.25, -0.2) is 9.18 Å². The number of hydrogen-bond donors (Lipinski definition) is 2. The van der Waals surface area contributed by atoms with E-state index in [4.69, 9.17) is 4.74 Å². The summed E-state index contributed by atoms with van der Waals surface area (Å²) in [6.45, 7) is 7.11. The van der Waals surface area contributed by atoms with E-state index in [1.807, 2.05) is 25.7 Å². The fraction of sp³-hybridized carbons (Fsp3) is 0.619. The third kappa shape index (κ3) is 5.36. The van der Waals surface area contributed by atoms with Crippen molar-refractivity contribution in [3.05, 3.63) is 29.6 Å². The molecule has 1 saturated heterocycles. The summed E-state index contributed by atoms with van der Waals surface area (Å²) in [5.74, 6) is -0.0269. The number of halogens is 1. The Kier molecular flexibility index (Phi) is 6.10. The number of rotatable bonds is 5. The van der Waals surface area contributed by atoms with Crippen molar-refractivity contribution in [2.75, 3.05) is 13.1 Å². The Morgan fingerprint density at radius 1 is 1.18 bits per heavy atom. The van der Waals surface area contributed by atoms with Gasteiger partial charge in [0.15, 0.2) is 11.6 Å². The van der Waals surface area contributed by atoms with Gasteiger partial charge in [0.1, 0.15) is 0 Å². The van der Waals surface area contributed by atoms with Gasteiger partial charge in [0.25, 0.3) is 0 Å². The van der Waals surface area contributed by atoms with Crippen LogP contribution in [0.25, 0.3) is 0 Å². The van der Waals surface area contributed by atoms with Gasteiger partial charge in [0.05, 0.1) is 6.10 Å². The number of nitrogens with zero attached hydrogens (tertiary/aromatic N) is 1. The number of benzene rings is 1. The predicted molar refractivity (Wildman–Crippen MR) is 104 cm³/mol. The lowest BCUT2D eigenvalue weighted by Gasteiger charge is -2.36. The molecule has 0 unspecified atom stereocenters. The average molecular weight is 391 g/mol. The molecule has 1 aliphatic carbocycles. The molecule has 1 saturated carbocycles. The number of urea groups is 1. The maximum absolute atomic E-state index is 14.5. The quantitative estimate of drug-likeness (QED) is 0.810. The molecular formula is C21H30FN3O3. The topological polar surface area (TPSA) is 70.7 Å². The van der Waals surface area contributed by atoms with Crippen LogP contribution in [0.5, 0.6) is 5.75 Å². The first-order valence-corrected chi connectivity index (χ1v) is 10.0. The van der Waals surface area contributed by atoms with E-state index in [9.17, 15) is 14.0 Å². The summed E-state index contributed by atoms with van der Waals surface area (Å²) >= 11 is 0. The van der Waals surface area contributed by atoms with Crippen LogP contribution in [-0.2, 0) is 11.3 Å². The molecule has 6 nitrogen and oxygen atoms in total. The van der Waals surface area contributed by atoms with Crippen molar-refractivity contribution in [2.45, 2.75) is 65.1 Å². The van der Waals surface area contributed by atoms with Crippen molar-refractivity contribution >= 4 is 11.9 Å². The van der Waals surface area contributed by atoms with Crippen molar-refractivity contribution < 1.29 is 18.7 Å². The highest BCUT2D eigenvalue weighted by Gasteiger charge is 2.30. The van der Waals surface area contributed by atoms with Crippen LogP contribution in [0.15, 0.2) is 18.2 Å². The maximum atomic E-state index is 14.5. The van der Waals surface area contributed by atoms with E-state index in [0.29, 0.717) is 31.5 Å². The van der Waals surface area contributed by atoms with Crippen molar-refractivity contribution in [3.8, 4) is 5.75 Å². The molecule has 0 aromatic heterocycles. The molecule has 3 rings (SSSR count). The second-order valence-corrected chi connectivity index (χ2v) is 8.69. The summed E-state index contributed by atoms with van der Waals surface area (Å²) in [6.07, 6.45) is 3.48. The predicted octanol–water partition coefficient (Wildman–Crippen LogP) is 3.20. The molecule has 2 N–H and O–H groups in total. The van der Waals surface area contributed by atoms with Crippen LogP contribution >= 0.6 is 0 Å². The smallest absolute Gasteiger partial charge is 0.315 e. The van der Waals surface area contributed by atoms with E-state index in [2.05, 4.69) is 10.6 Å². The molecular weight excluding hydrogens is 361 g/mol. The number of nitrogens with one attached hydrogen (secondary N) is 2. The van der Waals surface area contributed by atoms with E-state index in [1.54, 1.807) is 18.2 Å². The number of hydrogen-bond acceptors (Lipinski definition) is 3. The van der Waals surface area contributed by atoms with Gasteiger partial charge >= 0.3 is 6.03 Å². The monoisotopic (exact) mass is 391 g/mol. The molecule has 154 valence electrons. The van der Waals surface area contributed by atoms with Gasteiger partial charge < -0.3 is 20.3 Å². The number of piperidine rings is 1. The van der Waals surface area contributed by atoms with E-state index < -0.39 is 5.82 Å². The SMILES string of the molecule is CC(C)(C)C(=O)N1CCC(NC(=O)NCc2cccc(OC3CC3)c2F)CC1. The third-order valence-electron chi connectivity index (χ3n) is 5.06. The van der Waals surface area contributed by atoms with Gasteiger partial charge in [0, 0.05) is 36.7 Å². The lowest BCUT2D eigenvalue weighted by Crippen LogP contribution is -2.50. The van der Waals surface area contributed by atoms with Gasteiger partial charge in [-0.3, -0.25) is 4.79 Å². The largest absolute Gasteiger partial charge is 0.487 e. The van der Waals surface area contributed by atoms with Crippen LogP contribution in [0.2, 0.25) is 0 Å². The summed E-state index contributed by atoms with van der Waals surface area (Å²) in [5, 5.41) is 5.64. The second kappa shape index (κ2) is 8.37. The molecule has 3 amide bonds. The first kappa shape index (κ1) is 20.4. The number of carbonyl (C=O) groups excluding carboxylic acids is 2. The minimum atomic E-state index is -0.413. The lowest BCUT2D eigenvalue weighted by atomic mass is 9.93. The Balaban J connectivity index is 1.44. The summed E-state index contributed by atoms with van der Waals surface area (Å²) in [4.78, 5) is 26.4. The normalized spacial score (nSPS) is 17.9. The molecule has 0 spiro atoms. The van der Waals surface area contributed by atoms with Crippen LogP contribution in [0, 0.1) is 11.2 Å². The zero-order chi connectivity index (χ0) is 20.3. The van der Waals surface area contributed by atoms with Crippen LogP contribution < -0.4 is 15.4 Å². The molecule has 1 aliphatic heterocycles. The van der Waals surface area contributed by atoms with Crippen molar-refractivity contribution in [1.82, 2.24) is 15.5 Å². The van der Waals surface area contributed by atoms with E-state index in [0.717, 1.165) is 12.8 Å². The molecule has 2 fully saturated rings. The lowest BCUT2D eigenvalue weighted by molar-refractivity contribution is -0.140. The van der Waals surface area contributed by atoms with Gasteiger partial charge in [-0.1, -0.05) is 32.9 Å². The number of likely N-dealkylation sites (tertiary alicyclic amines) is 1. The molecule has 2 aliphatic rings. The second-order valence-electron chi connectivity index (χ2n) is 8.69. The highest BCUT2D eigenvalue weighted by molar-refractivity contribution is 5.81. The van der Waals surface area contributed by atoms with Crippen LogP contribution in [0.3, 0.4) is 0 Å². The standard InChI is InChI=1S/C21H30FN3O3/c1-21(2,3)19(26)25-11-9-15(10-12-25)24-20(27)23-13-14-5-4-6-17(18(14)22)28-16-7-8-16/h4-6,15-16H,7-13H2,1-3H3,(H2,23,24,27). The first-order valence-electron chi connectivity index (χ1n) is 10.0. The van der Waals surface area contributed by atoms with Gasteiger partial charge in [-0.05, 0) is 31.7 Å². The van der Waals surface area contributed by atoms with E-state index >= 15 is 0 Å². The number of ether oxygens (including phenoxy) is 1. The van der Waals surface area contributed by atoms with Crippen molar-refractivity contribution in [3.63, 3.8) is 0 Å². The molecule has 7 heteroatoms. The van der Waals surface area contributed by atoms with Gasteiger partial charge in [-0.15, -0.1) is 0 Å². The minimum absolute atomic E-state index is 0.0124. The first-order chi connectivity index (χ1) is 13.2. The molecule has 0 radical (unpaired) electrons. The fourth-order valence-electron chi connectivity index (χ4n) is 3.26. The minimum Gasteiger partial charge on any atom is -0.487 e. The van der Waals surface area contributed by atoms with E-state index in [-0.39, 0.29) is 41.8 Å². The van der Waals surface area contributed by atoms with Gasteiger partial charge in [0.2, 0.25) is 5.91 Å². The van der Waals surface area contributed by atoms with Crippen LogP contribution in [0.4, 0.5) is 9.18 Å². The highest BCUT2D eigenvalue weighted by atomic mass is 19.1. The molecule has 0 bridgehead atoms. The summed E-state index contributed by atoms with van der Waals surface area (Å²) in [6, 6.07) is 4.68. The summed E-state index contributed by atoms with van der Waals surface area (Å²) in [7, 11) is 0. The van der Waals surface area contributed by atoms with Crippen molar-refractivity contribution in [2.24, 2.45) is 5.41 Å². The summed E-state index contributed by atoms with van der Waals surface area (Å²) < 4.78 is 20.0. The fourth-order valence-corrected chi connectivity index (χ4v) is 3.26. The van der Waals surface area contributed by atoms with E-state index in [1.165, 1.54) is 0 Å². The maximum Gasteiger partial charge on any atom is 0.315 e. The Bertz CT molecular complexity index is 720. The molecule has 1 aromatic carbocycles. The average Bonchev–Trinajstić information content (AvgIpc) is 3.46. The Morgan fingerprint density at radius 2 is 1.86 bits per heavy atom. The third-order valence-corrected chi connectivity index (χ3v) is 5.06. The number of amides is 3. The zero-order valence-corrected chi connectivity index (χ0v) is 16.9. The number of carbonyl (C=O) groups is 2. The molecule has 28 heavy (non-hydrogen) atoms. The van der Waals surface area contributed by atoms with Crippen LogP contribution in [0.1, 0.15) is 52.0 Å². The Hall–Kier alpha value is -2.31. The Labute approximate surface area is 165 Å². The van der Waals surface area contributed by atoms with Crippen molar-refractivity contribution in [1.29, 1.82) is 0 Å². The summed E-state index contributed by atoms with van der Waals surface area (Å²) in [5.41, 5.74) is 0.0123. The Morgan fingerprint density at radius 3 is 2.46 bits per heavy atom. The zero-order valence-electron chi connectivity index (χ0n) is 16.9. The molecule has 1 heterocycles. The molecule has 1 aromatic rings. The van der Waals surface area contributed by atoms with Gasteiger partial charge in [-0.2, -0.15) is 0 Å². The van der Waals surface area contributed by atoms with Crippen LogP contribution in [-0.4, -0.2) is 42.1 Å². The highest BCUT2D eigenvalue weighted by Crippen LogP contribution is 2.29.